The molecule has 0 amide bonds. The molecule has 0 atom stereocenters. The fraction of sp³-hybridized carbons (Fsp3) is 0.278. The van der Waals surface area contributed by atoms with E-state index >= 15 is 0 Å². The Hall–Kier alpha value is -2.20. The van der Waals surface area contributed by atoms with Crippen LogP contribution in [0.15, 0.2) is 30.3 Å². The number of methoxy groups -OCH3 is 1. The number of benzene rings is 2. The molecule has 4 nitrogen and oxygen atoms in total. The lowest BCUT2D eigenvalue weighted by molar-refractivity contribution is 0.111. The summed E-state index contributed by atoms with van der Waals surface area (Å²) >= 11 is 6.13. The molecule has 0 aliphatic heterocycles. The number of hydrogen-bond donors (Lipinski definition) is 0. The number of rotatable bonds is 7. The Morgan fingerprint density at radius 3 is 2.35 bits per heavy atom. The first-order chi connectivity index (χ1) is 11.1. The van der Waals surface area contributed by atoms with Crippen molar-refractivity contribution in [1.29, 1.82) is 0 Å². The minimum atomic E-state index is 0.294. The van der Waals surface area contributed by atoms with Gasteiger partial charge in [-0.1, -0.05) is 17.7 Å². The Labute approximate surface area is 140 Å². The Kier molecular flexibility index (Phi) is 5.88. The van der Waals surface area contributed by atoms with Gasteiger partial charge >= 0.3 is 0 Å². The van der Waals surface area contributed by atoms with Gasteiger partial charge in [0.25, 0.3) is 0 Å². The molecule has 2 aromatic carbocycles. The van der Waals surface area contributed by atoms with Crippen molar-refractivity contribution in [2.24, 2.45) is 0 Å². The van der Waals surface area contributed by atoms with Crippen molar-refractivity contribution in [1.82, 2.24) is 0 Å². The minimum Gasteiger partial charge on any atom is -0.493 e. The van der Waals surface area contributed by atoms with E-state index in [-0.39, 0.29) is 0 Å². The summed E-state index contributed by atoms with van der Waals surface area (Å²) in [5.74, 6) is 1.69. The topological polar surface area (TPSA) is 44.8 Å². The van der Waals surface area contributed by atoms with Crippen molar-refractivity contribution in [2.45, 2.75) is 13.8 Å². The molecular weight excluding hydrogens is 316 g/mol. The Morgan fingerprint density at radius 2 is 1.74 bits per heavy atom. The maximum absolute atomic E-state index is 11.1. The fourth-order valence-electron chi connectivity index (χ4n) is 2.23. The Balaban J connectivity index is 1.97. The van der Waals surface area contributed by atoms with Gasteiger partial charge in [0.15, 0.2) is 17.8 Å². The summed E-state index contributed by atoms with van der Waals surface area (Å²) in [5, 5.41) is 0.748. The van der Waals surface area contributed by atoms with Crippen molar-refractivity contribution < 1.29 is 19.0 Å². The van der Waals surface area contributed by atoms with E-state index in [0.717, 1.165) is 28.2 Å². The summed E-state index contributed by atoms with van der Waals surface area (Å²) < 4.78 is 16.5. The number of para-hydroxylation sites is 1. The highest BCUT2D eigenvalue weighted by atomic mass is 35.5. The molecule has 122 valence electrons. The number of aryl methyl sites for hydroxylation is 2. The third-order valence-corrected chi connectivity index (χ3v) is 3.96. The maximum atomic E-state index is 11.1. The molecule has 0 aliphatic carbocycles. The molecule has 0 bridgehead atoms. The van der Waals surface area contributed by atoms with Crippen molar-refractivity contribution in [2.75, 3.05) is 20.3 Å². The van der Waals surface area contributed by atoms with Crippen LogP contribution in [0.1, 0.15) is 21.5 Å². The summed E-state index contributed by atoms with van der Waals surface area (Å²) in [6, 6.07) is 8.93. The minimum absolute atomic E-state index is 0.294. The van der Waals surface area contributed by atoms with Gasteiger partial charge in [0.05, 0.1) is 12.7 Å². The van der Waals surface area contributed by atoms with Gasteiger partial charge in [0, 0.05) is 5.02 Å². The molecule has 0 unspecified atom stereocenters. The van der Waals surface area contributed by atoms with Crippen LogP contribution >= 0.6 is 11.6 Å². The molecular formula is C18H19ClO4. The fourth-order valence-corrected chi connectivity index (χ4v) is 2.34. The van der Waals surface area contributed by atoms with Crippen molar-refractivity contribution >= 4 is 17.9 Å². The third kappa shape index (κ3) is 4.17. The van der Waals surface area contributed by atoms with Crippen LogP contribution in [0.5, 0.6) is 17.2 Å². The van der Waals surface area contributed by atoms with Gasteiger partial charge in [-0.25, -0.2) is 0 Å². The van der Waals surface area contributed by atoms with Crippen molar-refractivity contribution in [3.8, 4) is 17.2 Å². The highest BCUT2D eigenvalue weighted by molar-refractivity contribution is 6.32. The standard InChI is InChI=1S/C18H19ClO4/c1-12-9-15(10-13(2)17(12)19)22-7-8-23-18-14(11-20)5-4-6-16(18)21-3/h4-6,9-11H,7-8H2,1-3H3. The van der Waals surface area contributed by atoms with Crippen LogP contribution in [0, 0.1) is 13.8 Å². The van der Waals surface area contributed by atoms with E-state index in [2.05, 4.69) is 0 Å². The van der Waals surface area contributed by atoms with Gasteiger partial charge in [-0.05, 0) is 49.2 Å². The van der Waals surface area contributed by atoms with Crippen LogP contribution < -0.4 is 14.2 Å². The van der Waals surface area contributed by atoms with Gasteiger partial charge in [0.1, 0.15) is 19.0 Å². The van der Waals surface area contributed by atoms with Crippen molar-refractivity contribution in [3.05, 3.63) is 52.0 Å². The molecule has 0 aromatic heterocycles. The molecule has 0 spiro atoms. The van der Waals surface area contributed by atoms with Gasteiger partial charge in [-0.15, -0.1) is 0 Å². The zero-order valence-electron chi connectivity index (χ0n) is 13.4. The zero-order valence-corrected chi connectivity index (χ0v) is 14.1. The van der Waals surface area contributed by atoms with Crippen LogP contribution in [0.2, 0.25) is 5.02 Å². The molecule has 0 N–H and O–H groups in total. The monoisotopic (exact) mass is 334 g/mol. The lowest BCUT2D eigenvalue weighted by Gasteiger charge is -2.14. The molecule has 5 heteroatoms. The van der Waals surface area contributed by atoms with E-state index in [1.165, 1.54) is 7.11 Å². The normalized spacial score (nSPS) is 10.3. The van der Waals surface area contributed by atoms with Crippen molar-refractivity contribution in [3.63, 3.8) is 0 Å². The van der Waals surface area contributed by atoms with Gasteiger partial charge in [-0.2, -0.15) is 0 Å². The second-order valence-electron chi connectivity index (χ2n) is 5.06. The van der Waals surface area contributed by atoms with Crippen LogP contribution in [0.4, 0.5) is 0 Å². The van der Waals surface area contributed by atoms with E-state index in [4.69, 9.17) is 25.8 Å². The number of hydrogen-bond acceptors (Lipinski definition) is 4. The first-order valence-electron chi connectivity index (χ1n) is 7.21. The number of ether oxygens (including phenoxy) is 3. The van der Waals surface area contributed by atoms with Gasteiger partial charge in [0.2, 0.25) is 0 Å². The van der Waals surface area contributed by atoms with Crippen LogP contribution in [0.3, 0.4) is 0 Å². The Bertz CT molecular complexity index is 674. The average Bonchev–Trinajstić information content (AvgIpc) is 2.56. The first kappa shape index (κ1) is 17.2. The summed E-state index contributed by atoms with van der Waals surface area (Å²) in [6.07, 6.45) is 0.741. The molecule has 2 aromatic rings. The highest BCUT2D eigenvalue weighted by Crippen LogP contribution is 2.30. The quantitative estimate of drug-likeness (QED) is 0.561. The smallest absolute Gasteiger partial charge is 0.171 e. The molecule has 23 heavy (non-hydrogen) atoms. The molecule has 0 radical (unpaired) electrons. The second kappa shape index (κ2) is 7.88. The Morgan fingerprint density at radius 1 is 1.09 bits per heavy atom. The largest absolute Gasteiger partial charge is 0.493 e. The lowest BCUT2D eigenvalue weighted by atomic mass is 10.1. The predicted octanol–water partition coefficient (Wildman–Crippen LogP) is 4.24. The number of halogens is 1. The molecule has 0 saturated carbocycles. The summed E-state index contributed by atoms with van der Waals surface area (Å²) in [5.41, 5.74) is 2.38. The molecule has 0 saturated heterocycles. The molecule has 0 heterocycles. The summed E-state index contributed by atoms with van der Waals surface area (Å²) in [4.78, 5) is 11.1. The van der Waals surface area contributed by atoms with Crippen LogP contribution in [-0.4, -0.2) is 26.6 Å². The second-order valence-corrected chi connectivity index (χ2v) is 5.44. The van der Waals surface area contributed by atoms with E-state index in [1.54, 1.807) is 18.2 Å². The number of aldehydes is 1. The predicted molar refractivity (Wildman–Crippen MR) is 90.3 cm³/mol. The van der Waals surface area contributed by atoms with Crippen LogP contribution in [0.25, 0.3) is 0 Å². The third-order valence-electron chi connectivity index (χ3n) is 3.36. The maximum Gasteiger partial charge on any atom is 0.171 e. The highest BCUT2D eigenvalue weighted by Gasteiger charge is 2.10. The number of carbonyl (C=O) groups is 1. The van der Waals surface area contributed by atoms with Crippen LogP contribution in [-0.2, 0) is 0 Å². The van der Waals surface area contributed by atoms with E-state index in [0.29, 0.717) is 30.3 Å². The molecule has 0 fully saturated rings. The van der Waals surface area contributed by atoms with E-state index < -0.39 is 0 Å². The van der Waals surface area contributed by atoms with E-state index in [9.17, 15) is 4.79 Å². The molecule has 0 aliphatic rings. The summed E-state index contributed by atoms with van der Waals surface area (Å²) in [7, 11) is 1.53. The SMILES string of the molecule is COc1cccc(C=O)c1OCCOc1cc(C)c(Cl)c(C)c1. The van der Waals surface area contributed by atoms with E-state index in [1.807, 2.05) is 26.0 Å². The molecule has 2 rings (SSSR count). The average molecular weight is 335 g/mol. The van der Waals surface area contributed by atoms with Gasteiger partial charge in [-0.3, -0.25) is 4.79 Å². The van der Waals surface area contributed by atoms with Gasteiger partial charge < -0.3 is 14.2 Å². The lowest BCUT2D eigenvalue weighted by Crippen LogP contribution is -2.11. The summed E-state index contributed by atoms with van der Waals surface area (Å²) in [6.45, 7) is 4.51. The first-order valence-corrected chi connectivity index (χ1v) is 7.59. The number of carbonyl (C=O) groups excluding carboxylic acids is 1. The zero-order chi connectivity index (χ0) is 16.8.